The van der Waals surface area contributed by atoms with Crippen LogP contribution in [0.4, 0.5) is 0 Å². The molecule has 0 fully saturated rings. The third-order valence-corrected chi connectivity index (χ3v) is 7.06. The minimum Gasteiger partial charge on any atom is -0.295 e. The van der Waals surface area contributed by atoms with Gasteiger partial charge in [-0.15, -0.1) is 0 Å². The number of H-pyrrole nitrogens is 2. The molecule has 6 nitrogen and oxygen atoms in total. The molecule has 0 unspecified atom stereocenters. The molecule has 36 heavy (non-hydrogen) atoms. The minimum absolute atomic E-state index is 0.0853. The van der Waals surface area contributed by atoms with Gasteiger partial charge in [-0.2, -0.15) is 0 Å². The third kappa shape index (κ3) is 5.48. The van der Waals surface area contributed by atoms with E-state index >= 15 is 0 Å². The van der Waals surface area contributed by atoms with E-state index in [4.69, 9.17) is 0 Å². The fourth-order valence-corrected chi connectivity index (χ4v) is 5.20. The smallest absolute Gasteiger partial charge is 0.275 e. The molecule has 0 aliphatic rings. The number of unbranched alkanes of at least 4 members (excludes halogenated alkanes) is 6. The van der Waals surface area contributed by atoms with E-state index in [1.165, 1.54) is 32.1 Å². The molecular formula is C30H38N4O2. The zero-order valence-electron chi connectivity index (χ0n) is 21.7. The number of aromatic nitrogens is 4. The van der Waals surface area contributed by atoms with E-state index in [0.29, 0.717) is 11.1 Å². The van der Waals surface area contributed by atoms with Crippen molar-refractivity contribution in [3.63, 3.8) is 0 Å². The molecule has 190 valence electrons. The summed E-state index contributed by atoms with van der Waals surface area (Å²) in [6, 6.07) is 19.2. The summed E-state index contributed by atoms with van der Waals surface area (Å²) in [5, 5.41) is 6.53. The van der Waals surface area contributed by atoms with E-state index in [1.54, 1.807) is 9.36 Å². The van der Waals surface area contributed by atoms with Gasteiger partial charge in [-0.05, 0) is 44.5 Å². The maximum absolute atomic E-state index is 13.7. The summed E-state index contributed by atoms with van der Waals surface area (Å²) in [6.07, 6.45) is 9.07. The van der Waals surface area contributed by atoms with Crippen LogP contribution in [0.25, 0.3) is 11.4 Å². The molecule has 0 spiro atoms. The van der Waals surface area contributed by atoms with Crippen molar-refractivity contribution < 1.29 is 0 Å². The summed E-state index contributed by atoms with van der Waals surface area (Å²) in [7, 11) is 0. The number of hydrogen-bond donors (Lipinski definition) is 2. The summed E-state index contributed by atoms with van der Waals surface area (Å²) in [4.78, 5) is 27.4. The molecule has 6 heteroatoms. The highest BCUT2D eigenvalue weighted by Gasteiger charge is 2.29. The van der Waals surface area contributed by atoms with Crippen LogP contribution in [0.3, 0.4) is 0 Å². The van der Waals surface area contributed by atoms with Crippen LogP contribution >= 0.6 is 0 Å². The Morgan fingerprint density at radius 2 is 1.06 bits per heavy atom. The Labute approximate surface area is 213 Å². The maximum Gasteiger partial charge on any atom is 0.275 e. The minimum atomic E-state index is -0.275. The second-order valence-electron chi connectivity index (χ2n) is 9.72. The molecule has 0 atom stereocenters. The molecule has 2 aromatic carbocycles. The molecule has 2 aromatic heterocycles. The number of rotatable bonds is 12. The highest BCUT2D eigenvalue weighted by Crippen LogP contribution is 2.30. The maximum atomic E-state index is 13.7. The van der Waals surface area contributed by atoms with E-state index in [2.05, 4.69) is 17.1 Å². The molecule has 4 rings (SSSR count). The van der Waals surface area contributed by atoms with Gasteiger partial charge in [0.05, 0.1) is 11.4 Å². The van der Waals surface area contributed by atoms with Crippen LogP contribution in [0.5, 0.6) is 0 Å². The van der Waals surface area contributed by atoms with Gasteiger partial charge in [-0.25, -0.2) is 9.36 Å². The molecule has 0 saturated heterocycles. The molecule has 0 saturated carbocycles. The first kappa shape index (κ1) is 25.5. The second-order valence-corrected chi connectivity index (χ2v) is 9.72. The number of nitrogens with one attached hydrogen (secondary N) is 2. The van der Waals surface area contributed by atoms with E-state index in [1.807, 2.05) is 74.5 Å². The van der Waals surface area contributed by atoms with E-state index in [-0.39, 0.29) is 17.0 Å². The lowest BCUT2D eigenvalue weighted by Crippen LogP contribution is -2.25. The standard InChI is InChI=1S/C30H38N4O2/c1-4-5-6-7-8-9-16-21-26(27-22(2)31-33(29(27)35)24-17-12-10-13-18-24)28-23(3)32-34(30(28)36)25-19-14-11-15-20-25/h10-15,17-20,26,31-32H,4-9,16,21H2,1-3H3. The van der Waals surface area contributed by atoms with E-state index in [0.717, 1.165) is 42.0 Å². The quantitative estimate of drug-likeness (QED) is 0.223. The van der Waals surface area contributed by atoms with Gasteiger partial charge in [0.25, 0.3) is 11.1 Å². The van der Waals surface area contributed by atoms with Gasteiger partial charge < -0.3 is 0 Å². The Morgan fingerprint density at radius 3 is 1.50 bits per heavy atom. The summed E-state index contributed by atoms with van der Waals surface area (Å²) in [6.45, 7) is 6.10. The van der Waals surface area contributed by atoms with Gasteiger partial charge in [0.2, 0.25) is 0 Å². The van der Waals surface area contributed by atoms with Crippen molar-refractivity contribution in [2.24, 2.45) is 0 Å². The zero-order valence-corrected chi connectivity index (χ0v) is 21.7. The lowest BCUT2D eigenvalue weighted by Gasteiger charge is -2.15. The topological polar surface area (TPSA) is 75.6 Å². The van der Waals surface area contributed by atoms with Gasteiger partial charge in [0.15, 0.2) is 0 Å². The Bertz CT molecular complexity index is 1260. The lowest BCUT2D eigenvalue weighted by atomic mass is 9.87. The highest BCUT2D eigenvalue weighted by molar-refractivity contribution is 5.40. The molecule has 2 N–H and O–H groups in total. The Morgan fingerprint density at radius 1 is 0.639 bits per heavy atom. The number of aryl methyl sites for hydroxylation is 2. The summed E-state index contributed by atoms with van der Waals surface area (Å²) in [5.74, 6) is -0.275. The van der Waals surface area contributed by atoms with E-state index in [9.17, 15) is 9.59 Å². The fraction of sp³-hybridized carbons (Fsp3) is 0.400. The van der Waals surface area contributed by atoms with Crippen LogP contribution in [-0.4, -0.2) is 19.6 Å². The zero-order chi connectivity index (χ0) is 25.5. The Hall–Kier alpha value is -3.54. The van der Waals surface area contributed by atoms with Crippen LogP contribution in [0, 0.1) is 13.8 Å². The molecular weight excluding hydrogens is 448 g/mol. The van der Waals surface area contributed by atoms with Gasteiger partial charge in [-0.3, -0.25) is 19.8 Å². The number of nitrogens with zero attached hydrogens (tertiary/aromatic N) is 2. The van der Waals surface area contributed by atoms with Gasteiger partial charge >= 0.3 is 0 Å². The third-order valence-electron chi connectivity index (χ3n) is 7.06. The van der Waals surface area contributed by atoms with Crippen molar-refractivity contribution in [2.75, 3.05) is 0 Å². The molecule has 0 amide bonds. The van der Waals surface area contributed by atoms with Crippen molar-refractivity contribution >= 4 is 0 Å². The average molecular weight is 487 g/mol. The first-order chi connectivity index (χ1) is 17.5. The largest absolute Gasteiger partial charge is 0.295 e. The van der Waals surface area contributed by atoms with Gasteiger partial charge in [-0.1, -0.05) is 88.3 Å². The molecule has 2 heterocycles. The van der Waals surface area contributed by atoms with Crippen molar-refractivity contribution in [1.82, 2.24) is 19.6 Å². The van der Waals surface area contributed by atoms with Crippen LogP contribution in [0.15, 0.2) is 70.3 Å². The number of aromatic amines is 2. The van der Waals surface area contributed by atoms with Crippen molar-refractivity contribution in [3.8, 4) is 11.4 Å². The van der Waals surface area contributed by atoms with Crippen LogP contribution in [0.1, 0.15) is 86.7 Å². The number of para-hydroxylation sites is 2. The summed E-state index contributed by atoms with van der Waals surface area (Å²) < 4.78 is 3.19. The lowest BCUT2D eigenvalue weighted by molar-refractivity contribution is 0.556. The molecule has 0 bridgehead atoms. The van der Waals surface area contributed by atoms with Gasteiger partial charge in [0.1, 0.15) is 0 Å². The van der Waals surface area contributed by atoms with Crippen LogP contribution < -0.4 is 11.1 Å². The normalized spacial score (nSPS) is 11.4. The molecule has 4 aromatic rings. The molecule has 0 radical (unpaired) electrons. The van der Waals surface area contributed by atoms with Gasteiger partial charge in [0, 0.05) is 28.4 Å². The monoisotopic (exact) mass is 486 g/mol. The van der Waals surface area contributed by atoms with Crippen LogP contribution in [0.2, 0.25) is 0 Å². The van der Waals surface area contributed by atoms with Crippen molar-refractivity contribution in [2.45, 2.75) is 78.1 Å². The predicted octanol–water partition coefficient (Wildman–Crippen LogP) is 6.53. The Balaban J connectivity index is 1.71. The van der Waals surface area contributed by atoms with Crippen molar-refractivity contribution in [1.29, 1.82) is 0 Å². The average Bonchev–Trinajstić information content (AvgIpc) is 3.36. The second kappa shape index (κ2) is 11.9. The predicted molar refractivity (Wildman–Crippen MR) is 147 cm³/mol. The first-order valence-corrected chi connectivity index (χ1v) is 13.3. The Kier molecular flexibility index (Phi) is 8.47. The van der Waals surface area contributed by atoms with Crippen molar-refractivity contribution in [3.05, 3.63) is 104 Å². The number of hydrogen-bond acceptors (Lipinski definition) is 2. The SMILES string of the molecule is CCCCCCCCCC(c1c(C)[nH]n(-c2ccccc2)c1=O)c1c(C)[nH]n(-c2ccccc2)c1=O. The molecule has 0 aliphatic carbocycles. The molecule has 0 aliphatic heterocycles. The van der Waals surface area contributed by atoms with Crippen LogP contribution in [-0.2, 0) is 0 Å². The number of benzene rings is 2. The first-order valence-electron chi connectivity index (χ1n) is 13.3. The fourth-order valence-electron chi connectivity index (χ4n) is 5.20. The summed E-state index contributed by atoms with van der Waals surface area (Å²) >= 11 is 0. The summed E-state index contributed by atoms with van der Waals surface area (Å²) in [5.41, 5.74) is 4.40. The van der Waals surface area contributed by atoms with E-state index < -0.39 is 0 Å². The highest BCUT2D eigenvalue weighted by atomic mass is 16.1.